The van der Waals surface area contributed by atoms with Gasteiger partial charge in [-0.25, -0.2) is 9.97 Å². The maximum atomic E-state index is 9.86. The van der Waals surface area contributed by atoms with E-state index in [0.717, 1.165) is 0 Å². The fourth-order valence-electron chi connectivity index (χ4n) is 2.08. The Kier molecular flexibility index (Phi) is 4.27. The molecule has 6 N–H and O–H groups in total. The predicted octanol–water partition coefficient (Wildman–Crippen LogP) is -2.56. The summed E-state index contributed by atoms with van der Waals surface area (Å²) in [5.41, 5.74) is 5.98. The molecule has 8 heteroatoms. The maximum Gasteiger partial charge on any atom is 0.220 e. The van der Waals surface area contributed by atoms with Gasteiger partial charge in [-0.3, -0.25) is 0 Å². The van der Waals surface area contributed by atoms with Crippen molar-refractivity contribution in [3.05, 3.63) is 18.0 Å². The number of nitrogens with two attached hydrogens (primary N) is 1. The smallest absolute Gasteiger partial charge is 0.220 e. The summed E-state index contributed by atoms with van der Waals surface area (Å²) in [5, 5.41) is 38.2. The lowest BCUT2D eigenvalue weighted by molar-refractivity contribution is -0.228. The molecular weight excluding hydrogens is 254 g/mol. The summed E-state index contributed by atoms with van der Waals surface area (Å²) < 4.78 is 5.36. The normalized spacial score (nSPS) is 35.3. The molecule has 1 fully saturated rings. The Morgan fingerprint density at radius 3 is 2.47 bits per heavy atom. The van der Waals surface area contributed by atoms with E-state index in [0.29, 0.717) is 5.69 Å². The Hall–Kier alpha value is -1.32. The predicted molar refractivity (Wildman–Crippen MR) is 63.9 cm³/mol. The molecule has 0 saturated carbocycles. The van der Waals surface area contributed by atoms with Gasteiger partial charge in [-0.05, 0) is 6.07 Å². The number of nitrogens with zero attached hydrogens (tertiary/aromatic N) is 2. The molecule has 0 radical (unpaired) electrons. The van der Waals surface area contributed by atoms with Gasteiger partial charge in [-0.2, -0.15) is 0 Å². The molecule has 1 aliphatic rings. The molecule has 0 spiro atoms. The van der Waals surface area contributed by atoms with Crippen LogP contribution in [0.5, 0.6) is 0 Å². The van der Waals surface area contributed by atoms with Gasteiger partial charge in [0.05, 0.1) is 12.7 Å². The molecule has 0 bridgehead atoms. The zero-order chi connectivity index (χ0) is 14.0. The summed E-state index contributed by atoms with van der Waals surface area (Å²) in [4.78, 5) is 7.71. The fourth-order valence-corrected chi connectivity index (χ4v) is 2.08. The van der Waals surface area contributed by atoms with E-state index >= 15 is 0 Å². The van der Waals surface area contributed by atoms with Gasteiger partial charge in [0.15, 0.2) is 0 Å². The number of aromatic nitrogens is 2. The van der Waals surface area contributed by atoms with Crippen molar-refractivity contribution in [1.29, 1.82) is 0 Å². The van der Waals surface area contributed by atoms with Crippen molar-refractivity contribution >= 4 is 5.95 Å². The molecule has 0 aliphatic carbocycles. The van der Waals surface area contributed by atoms with Gasteiger partial charge in [0.2, 0.25) is 5.95 Å². The first kappa shape index (κ1) is 14.1. The number of nitrogen functional groups attached to an aromatic ring is 1. The Balaban J connectivity index is 2.10. The third-order valence-corrected chi connectivity index (χ3v) is 3.13. The highest BCUT2D eigenvalue weighted by molar-refractivity contribution is 5.18. The molecule has 19 heavy (non-hydrogen) atoms. The zero-order valence-corrected chi connectivity index (χ0v) is 10.1. The fraction of sp³-hybridized carbons (Fsp3) is 0.636. The molecule has 8 nitrogen and oxygen atoms in total. The standard InChI is InChI=1S/C11H17N3O5/c12-11-13-2-1-5(14-11)3-6-8(16)10(18)9(17)7(4-15)19-6/h1-2,6-10,15-18H,3-4H2,(H2,12,13,14)/t6?,7-,8+,9-,10-/m1/s1. The van der Waals surface area contributed by atoms with Crippen molar-refractivity contribution in [1.82, 2.24) is 9.97 Å². The lowest BCUT2D eigenvalue weighted by Gasteiger charge is -2.40. The lowest BCUT2D eigenvalue weighted by atomic mass is 9.93. The molecule has 2 rings (SSSR count). The second-order valence-corrected chi connectivity index (χ2v) is 4.48. The molecule has 1 aromatic rings. The van der Waals surface area contributed by atoms with Gasteiger partial charge in [-0.1, -0.05) is 0 Å². The van der Waals surface area contributed by atoms with Crippen LogP contribution >= 0.6 is 0 Å². The van der Waals surface area contributed by atoms with Crippen LogP contribution in [0, 0.1) is 0 Å². The van der Waals surface area contributed by atoms with Crippen LogP contribution < -0.4 is 5.73 Å². The number of ether oxygens (including phenoxy) is 1. The van der Waals surface area contributed by atoms with Crippen molar-refractivity contribution in [2.24, 2.45) is 0 Å². The average molecular weight is 271 g/mol. The Morgan fingerprint density at radius 1 is 1.16 bits per heavy atom. The van der Waals surface area contributed by atoms with E-state index in [1.54, 1.807) is 6.07 Å². The van der Waals surface area contributed by atoms with E-state index in [-0.39, 0.29) is 12.4 Å². The summed E-state index contributed by atoms with van der Waals surface area (Å²) in [7, 11) is 0. The largest absolute Gasteiger partial charge is 0.394 e. The van der Waals surface area contributed by atoms with Crippen LogP contribution in [-0.2, 0) is 11.2 Å². The first-order chi connectivity index (χ1) is 9.02. The maximum absolute atomic E-state index is 9.86. The van der Waals surface area contributed by atoms with Gasteiger partial charge in [0, 0.05) is 18.3 Å². The van der Waals surface area contributed by atoms with Gasteiger partial charge < -0.3 is 30.9 Å². The number of anilines is 1. The van der Waals surface area contributed by atoms with E-state index in [9.17, 15) is 15.3 Å². The monoisotopic (exact) mass is 271 g/mol. The van der Waals surface area contributed by atoms with Gasteiger partial charge in [-0.15, -0.1) is 0 Å². The van der Waals surface area contributed by atoms with Crippen molar-refractivity contribution in [3.8, 4) is 0 Å². The topological polar surface area (TPSA) is 142 Å². The molecular formula is C11H17N3O5. The number of aliphatic hydroxyl groups excluding tert-OH is 4. The van der Waals surface area contributed by atoms with Crippen molar-refractivity contribution in [3.63, 3.8) is 0 Å². The highest BCUT2D eigenvalue weighted by Crippen LogP contribution is 2.23. The first-order valence-corrected chi connectivity index (χ1v) is 5.91. The van der Waals surface area contributed by atoms with Gasteiger partial charge >= 0.3 is 0 Å². The van der Waals surface area contributed by atoms with Gasteiger partial charge in [0.1, 0.15) is 24.4 Å². The van der Waals surface area contributed by atoms with Crippen molar-refractivity contribution in [2.45, 2.75) is 36.9 Å². The molecule has 106 valence electrons. The molecule has 1 aromatic heterocycles. The Bertz CT molecular complexity index is 431. The Labute approximate surface area is 109 Å². The quantitative estimate of drug-likeness (QED) is 0.404. The molecule has 1 aliphatic heterocycles. The molecule has 0 aromatic carbocycles. The number of hydrogen-bond acceptors (Lipinski definition) is 8. The van der Waals surface area contributed by atoms with E-state index in [4.69, 9.17) is 15.6 Å². The minimum Gasteiger partial charge on any atom is -0.394 e. The lowest BCUT2D eigenvalue weighted by Crippen LogP contribution is -2.59. The highest BCUT2D eigenvalue weighted by atomic mass is 16.5. The summed E-state index contributed by atoms with van der Waals surface area (Å²) in [6, 6.07) is 1.61. The van der Waals surface area contributed by atoms with Crippen LogP contribution in [-0.4, -0.2) is 67.5 Å². The van der Waals surface area contributed by atoms with E-state index in [2.05, 4.69) is 9.97 Å². The SMILES string of the molecule is Nc1nccc(CC2O[C@H](CO)[C@@H](O)[C@H](O)[C@H]2O)n1. The number of aliphatic hydroxyl groups is 4. The third-order valence-electron chi connectivity index (χ3n) is 3.13. The molecule has 2 heterocycles. The molecule has 1 unspecified atom stereocenters. The van der Waals surface area contributed by atoms with Crippen molar-refractivity contribution in [2.75, 3.05) is 12.3 Å². The van der Waals surface area contributed by atoms with E-state index in [1.165, 1.54) is 6.20 Å². The average Bonchev–Trinajstić information content (AvgIpc) is 2.39. The summed E-state index contributed by atoms with van der Waals surface area (Å²) in [6.07, 6.45) is -4.04. The second-order valence-electron chi connectivity index (χ2n) is 4.48. The van der Waals surface area contributed by atoms with Crippen LogP contribution in [0.4, 0.5) is 5.95 Å². The number of rotatable bonds is 3. The van der Waals surface area contributed by atoms with Crippen LogP contribution in [0.2, 0.25) is 0 Å². The van der Waals surface area contributed by atoms with Crippen LogP contribution in [0.3, 0.4) is 0 Å². The minimum absolute atomic E-state index is 0.0992. The third kappa shape index (κ3) is 2.99. The highest BCUT2D eigenvalue weighted by Gasteiger charge is 2.43. The van der Waals surface area contributed by atoms with Crippen LogP contribution in [0.1, 0.15) is 5.69 Å². The minimum atomic E-state index is -1.38. The molecule has 0 amide bonds. The van der Waals surface area contributed by atoms with Crippen LogP contribution in [0.25, 0.3) is 0 Å². The second kappa shape index (κ2) is 5.76. The molecule has 1 saturated heterocycles. The van der Waals surface area contributed by atoms with Crippen molar-refractivity contribution < 1.29 is 25.2 Å². The zero-order valence-electron chi connectivity index (χ0n) is 10.1. The summed E-state index contributed by atoms with van der Waals surface area (Å²) >= 11 is 0. The Morgan fingerprint density at radius 2 is 1.84 bits per heavy atom. The van der Waals surface area contributed by atoms with Crippen LogP contribution in [0.15, 0.2) is 12.3 Å². The summed E-state index contributed by atoms with van der Waals surface area (Å²) in [6.45, 7) is -0.451. The molecule has 5 atom stereocenters. The van der Waals surface area contributed by atoms with Gasteiger partial charge in [0.25, 0.3) is 0 Å². The van der Waals surface area contributed by atoms with E-state index in [1.807, 2.05) is 0 Å². The number of hydrogen-bond donors (Lipinski definition) is 5. The van der Waals surface area contributed by atoms with E-state index < -0.39 is 37.1 Å². The first-order valence-electron chi connectivity index (χ1n) is 5.91. The summed E-state index contributed by atoms with van der Waals surface area (Å²) in [5.74, 6) is 0.0992.